The molecule has 0 spiro atoms. The van der Waals surface area contributed by atoms with Crippen LogP contribution >= 0.6 is 0 Å². The number of para-hydroxylation sites is 2. The number of fused-ring (bicyclic) bond motifs is 4. The minimum atomic E-state index is 1.08. The van der Waals surface area contributed by atoms with Crippen molar-refractivity contribution in [2.75, 3.05) is 4.90 Å². The minimum absolute atomic E-state index is 1.08. The molecule has 0 saturated heterocycles. The van der Waals surface area contributed by atoms with Crippen molar-refractivity contribution in [2.45, 2.75) is 0 Å². The summed E-state index contributed by atoms with van der Waals surface area (Å²) in [6, 6.07) is 88.0. The maximum Gasteiger partial charge on any atom is 0.0562 e. The highest BCUT2D eigenvalue weighted by molar-refractivity contribution is 6.11. The first-order valence-electron chi connectivity index (χ1n) is 20.6. The Labute approximate surface area is 350 Å². The van der Waals surface area contributed by atoms with Gasteiger partial charge in [-0.05, 0) is 86.6 Å². The molecule has 0 unspecified atom stereocenters. The topological polar surface area (TPSA) is 8.17 Å². The van der Waals surface area contributed by atoms with Gasteiger partial charge in [-0.25, -0.2) is 0 Å². The van der Waals surface area contributed by atoms with Gasteiger partial charge in [-0.2, -0.15) is 0 Å². The van der Waals surface area contributed by atoms with E-state index in [2.05, 4.69) is 252 Å². The highest BCUT2D eigenvalue weighted by Crippen LogP contribution is 2.45. The van der Waals surface area contributed by atoms with Crippen molar-refractivity contribution in [3.63, 3.8) is 0 Å². The highest BCUT2D eigenvalue weighted by Gasteiger charge is 2.22. The third-order valence-corrected chi connectivity index (χ3v) is 11.8. The fraction of sp³-hybridized carbons (Fsp3) is 0. The van der Waals surface area contributed by atoms with Gasteiger partial charge in [-0.3, -0.25) is 0 Å². The lowest BCUT2D eigenvalue weighted by Crippen LogP contribution is -2.11. The van der Waals surface area contributed by atoms with Gasteiger partial charge in [0.25, 0.3) is 0 Å². The summed E-state index contributed by atoms with van der Waals surface area (Å²) in [7, 11) is 0. The lowest BCUT2D eigenvalue weighted by Gasteiger charge is -2.28. The van der Waals surface area contributed by atoms with Crippen LogP contribution < -0.4 is 4.90 Å². The van der Waals surface area contributed by atoms with Crippen LogP contribution in [0.5, 0.6) is 0 Å². The molecular weight excluding hydrogens is 725 g/mol. The zero-order valence-electron chi connectivity index (χ0n) is 33.0. The van der Waals surface area contributed by atoms with E-state index < -0.39 is 0 Å². The molecule has 0 fully saturated rings. The fourth-order valence-electron chi connectivity index (χ4n) is 8.97. The molecule has 0 N–H and O–H groups in total. The maximum atomic E-state index is 2.48. The number of rotatable bonds is 8. The Morgan fingerprint density at radius 3 is 1.58 bits per heavy atom. The van der Waals surface area contributed by atoms with Crippen molar-refractivity contribution < 1.29 is 0 Å². The van der Waals surface area contributed by atoms with Gasteiger partial charge in [0.05, 0.1) is 22.4 Å². The van der Waals surface area contributed by atoms with E-state index >= 15 is 0 Å². The summed E-state index contributed by atoms with van der Waals surface area (Å²) >= 11 is 0. The van der Waals surface area contributed by atoms with E-state index in [0.717, 1.165) is 28.3 Å². The highest BCUT2D eigenvalue weighted by atomic mass is 15.1. The Morgan fingerprint density at radius 1 is 0.283 bits per heavy atom. The monoisotopic (exact) mass is 764 g/mol. The average molecular weight is 765 g/mol. The normalized spacial score (nSPS) is 11.3. The molecule has 0 aliphatic rings. The van der Waals surface area contributed by atoms with E-state index in [1.165, 1.54) is 71.6 Å². The van der Waals surface area contributed by atoms with Crippen LogP contribution in [0.25, 0.3) is 82.8 Å². The zero-order chi connectivity index (χ0) is 39.8. The predicted octanol–water partition coefficient (Wildman–Crippen LogP) is 16.1. The maximum absolute atomic E-state index is 2.48. The van der Waals surface area contributed by atoms with Crippen molar-refractivity contribution in [1.29, 1.82) is 0 Å². The summed E-state index contributed by atoms with van der Waals surface area (Å²) in [6.07, 6.45) is 0. The smallest absolute Gasteiger partial charge is 0.0562 e. The van der Waals surface area contributed by atoms with Crippen LogP contribution in [-0.2, 0) is 0 Å². The van der Waals surface area contributed by atoms with E-state index in [0.29, 0.717) is 0 Å². The average Bonchev–Trinajstić information content (AvgIpc) is 3.66. The first kappa shape index (κ1) is 35.2. The third-order valence-electron chi connectivity index (χ3n) is 11.8. The van der Waals surface area contributed by atoms with Crippen LogP contribution in [0.3, 0.4) is 0 Å². The molecule has 0 saturated carbocycles. The van der Waals surface area contributed by atoms with Crippen molar-refractivity contribution >= 4 is 49.6 Å². The molecule has 2 nitrogen and oxygen atoms in total. The molecule has 282 valence electrons. The van der Waals surface area contributed by atoms with Crippen molar-refractivity contribution in [2.24, 2.45) is 0 Å². The molecule has 11 rings (SSSR count). The van der Waals surface area contributed by atoms with Gasteiger partial charge in [-0.1, -0.05) is 200 Å². The first-order chi connectivity index (χ1) is 29.8. The lowest BCUT2D eigenvalue weighted by atomic mass is 9.97. The molecule has 1 heterocycles. The second-order valence-electron chi connectivity index (χ2n) is 15.3. The molecular formula is C58H40N2. The molecule has 60 heavy (non-hydrogen) atoms. The number of aromatic nitrogens is 1. The second-order valence-corrected chi connectivity index (χ2v) is 15.3. The summed E-state index contributed by atoms with van der Waals surface area (Å²) in [5, 5.41) is 4.93. The van der Waals surface area contributed by atoms with E-state index in [4.69, 9.17) is 0 Å². The molecule has 2 heteroatoms. The minimum Gasteiger partial charge on any atom is -0.310 e. The van der Waals surface area contributed by atoms with Gasteiger partial charge < -0.3 is 9.47 Å². The van der Waals surface area contributed by atoms with E-state index in [-0.39, 0.29) is 0 Å². The Balaban J connectivity index is 1.16. The summed E-state index contributed by atoms with van der Waals surface area (Å²) in [4.78, 5) is 2.43. The van der Waals surface area contributed by atoms with Crippen LogP contribution in [0.2, 0.25) is 0 Å². The van der Waals surface area contributed by atoms with Crippen LogP contribution in [0.4, 0.5) is 17.1 Å². The van der Waals surface area contributed by atoms with Crippen LogP contribution in [-0.4, -0.2) is 4.57 Å². The van der Waals surface area contributed by atoms with Crippen LogP contribution in [0.15, 0.2) is 243 Å². The molecule has 0 aliphatic heterocycles. The molecule has 0 bridgehead atoms. The Hall–Kier alpha value is -7.94. The van der Waals surface area contributed by atoms with Crippen LogP contribution in [0, 0.1) is 0 Å². The number of nitrogens with zero attached hydrogens (tertiary/aromatic N) is 2. The third kappa shape index (κ3) is 6.23. The number of benzene rings is 10. The molecule has 0 aliphatic carbocycles. The summed E-state index contributed by atoms with van der Waals surface area (Å²) in [5.74, 6) is 0. The first-order valence-corrected chi connectivity index (χ1v) is 20.6. The molecule has 0 amide bonds. The quantitative estimate of drug-likeness (QED) is 0.150. The van der Waals surface area contributed by atoms with Gasteiger partial charge in [0.2, 0.25) is 0 Å². The van der Waals surface area contributed by atoms with E-state index in [1.807, 2.05) is 0 Å². The Kier molecular flexibility index (Phi) is 8.87. The zero-order valence-corrected chi connectivity index (χ0v) is 33.0. The largest absolute Gasteiger partial charge is 0.310 e. The molecule has 0 atom stereocenters. The molecule has 10 aromatic carbocycles. The van der Waals surface area contributed by atoms with Crippen molar-refractivity contribution in [1.82, 2.24) is 4.57 Å². The Morgan fingerprint density at radius 2 is 0.817 bits per heavy atom. The summed E-state index contributed by atoms with van der Waals surface area (Å²) in [6.45, 7) is 0. The standard InChI is InChI=1S/C58H40N2/c1-4-17-41(18-5-1)46-33-37-52(44-21-8-3-9-22-44)57(39-46)60-56-30-15-13-27-53(56)54-38-36-48(40-58(54)60)59(55-29-14-12-26-51(55)43-19-6-2-7-20-43)47-34-31-45(32-35-47)50-28-16-24-42-23-10-11-25-49(42)50/h1-40H. The summed E-state index contributed by atoms with van der Waals surface area (Å²) < 4.78 is 2.48. The van der Waals surface area contributed by atoms with Crippen molar-refractivity contribution in [3.05, 3.63) is 243 Å². The van der Waals surface area contributed by atoms with Gasteiger partial charge in [0, 0.05) is 33.3 Å². The van der Waals surface area contributed by atoms with Gasteiger partial charge in [0.1, 0.15) is 0 Å². The lowest BCUT2D eigenvalue weighted by molar-refractivity contribution is 1.18. The van der Waals surface area contributed by atoms with E-state index in [9.17, 15) is 0 Å². The summed E-state index contributed by atoms with van der Waals surface area (Å²) in [5.41, 5.74) is 16.2. The number of hydrogen-bond acceptors (Lipinski definition) is 1. The molecule has 1 aromatic heterocycles. The number of hydrogen-bond donors (Lipinski definition) is 0. The SMILES string of the molecule is c1ccc(-c2ccc(-c3ccccc3)c(-n3c4ccccc4c4ccc(N(c5ccc(-c6cccc7ccccc67)cc5)c5ccccc5-c5ccccc5)cc43)c2)cc1. The van der Waals surface area contributed by atoms with Gasteiger partial charge >= 0.3 is 0 Å². The van der Waals surface area contributed by atoms with Gasteiger partial charge in [-0.15, -0.1) is 0 Å². The predicted molar refractivity (Wildman–Crippen MR) is 255 cm³/mol. The second kappa shape index (κ2) is 15.1. The van der Waals surface area contributed by atoms with Crippen LogP contribution in [0.1, 0.15) is 0 Å². The molecule has 11 aromatic rings. The van der Waals surface area contributed by atoms with E-state index in [1.54, 1.807) is 0 Å². The van der Waals surface area contributed by atoms with Gasteiger partial charge in [0.15, 0.2) is 0 Å². The molecule has 0 radical (unpaired) electrons. The van der Waals surface area contributed by atoms with Crippen molar-refractivity contribution in [3.8, 4) is 50.2 Å². The fourth-order valence-corrected chi connectivity index (χ4v) is 8.97. The number of anilines is 3. The Bertz CT molecular complexity index is 3290.